The van der Waals surface area contributed by atoms with Gasteiger partial charge in [-0.2, -0.15) is 0 Å². The molecule has 2 atom stereocenters. The van der Waals surface area contributed by atoms with Gasteiger partial charge in [0.1, 0.15) is 11.6 Å². The van der Waals surface area contributed by atoms with Crippen molar-refractivity contribution in [3.05, 3.63) is 18.1 Å². The van der Waals surface area contributed by atoms with Crippen molar-refractivity contribution in [3.63, 3.8) is 0 Å². The lowest BCUT2D eigenvalue weighted by Gasteiger charge is -2.36. The van der Waals surface area contributed by atoms with Gasteiger partial charge in [0.05, 0.1) is 0 Å². The van der Waals surface area contributed by atoms with Crippen molar-refractivity contribution in [1.82, 2.24) is 9.97 Å². The predicted octanol–water partition coefficient (Wildman–Crippen LogP) is 2.11. The van der Waals surface area contributed by atoms with Crippen LogP contribution in [0, 0.1) is 18.8 Å². The first kappa shape index (κ1) is 13.8. The Labute approximate surface area is 113 Å². The largest absolute Gasteiger partial charge is 0.481 e. The molecule has 1 aliphatic rings. The maximum Gasteiger partial charge on any atom is 0.303 e. The van der Waals surface area contributed by atoms with Gasteiger partial charge in [0, 0.05) is 25.7 Å². The number of carboxylic acids is 1. The van der Waals surface area contributed by atoms with E-state index in [4.69, 9.17) is 5.11 Å². The zero-order valence-electron chi connectivity index (χ0n) is 11.5. The van der Waals surface area contributed by atoms with Crippen molar-refractivity contribution in [1.29, 1.82) is 0 Å². The third kappa shape index (κ3) is 3.66. The molecule has 1 aromatic heterocycles. The second-order valence-electron chi connectivity index (χ2n) is 5.39. The molecule has 1 aromatic rings. The van der Waals surface area contributed by atoms with Crippen LogP contribution in [0.5, 0.6) is 0 Å². The van der Waals surface area contributed by atoms with Crippen molar-refractivity contribution < 1.29 is 9.90 Å². The zero-order chi connectivity index (χ0) is 13.8. The lowest BCUT2D eigenvalue weighted by atomic mass is 9.84. The first-order valence-electron chi connectivity index (χ1n) is 6.82. The van der Waals surface area contributed by atoms with Crippen LogP contribution >= 0.6 is 0 Å². The van der Waals surface area contributed by atoms with Crippen LogP contribution in [0.15, 0.2) is 12.3 Å². The van der Waals surface area contributed by atoms with Gasteiger partial charge >= 0.3 is 5.97 Å². The van der Waals surface area contributed by atoms with E-state index in [9.17, 15) is 4.79 Å². The maximum absolute atomic E-state index is 10.8. The fourth-order valence-corrected chi connectivity index (χ4v) is 2.74. The summed E-state index contributed by atoms with van der Waals surface area (Å²) < 4.78 is 0. The molecule has 0 radical (unpaired) electrons. The van der Waals surface area contributed by atoms with Gasteiger partial charge in [0.15, 0.2) is 0 Å². The van der Waals surface area contributed by atoms with Crippen molar-refractivity contribution in [3.8, 4) is 0 Å². The summed E-state index contributed by atoms with van der Waals surface area (Å²) in [6.45, 7) is 5.81. The number of carbonyl (C=O) groups is 1. The Bertz CT molecular complexity index is 450. The molecular weight excluding hydrogens is 242 g/mol. The molecule has 5 heteroatoms. The maximum atomic E-state index is 10.8. The molecule has 0 aromatic carbocycles. The fourth-order valence-electron chi connectivity index (χ4n) is 2.74. The predicted molar refractivity (Wildman–Crippen MR) is 73.1 cm³/mol. The van der Waals surface area contributed by atoms with Crippen molar-refractivity contribution >= 4 is 11.8 Å². The van der Waals surface area contributed by atoms with E-state index in [1.807, 2.05) is 19.9 Å². The van der Waals surface area contributed by atoms with E-state index in [0.717, 1.165) is 37.6 Å². The van der Waals surface area contributed by atoms with Crippen LogP contribution in [0.25, 0.3) is 0 Å². The van der Waals surface area contributed by atoms with E-state index < -0.39 is 5.97 Å². The van der Waals surface area contributed by atoms with Crippen LogP contribution in [-0.4, -0.2) is 34.1 Å². The second-order valence-corrected chi connectivity index (χ2v) is 5.39. The summed E-state index contributed by atoms with van der Waals surface area (Å²) in [5.74, 6) is 1.67. The summed E-state index contributed by atoms with van der Waals surface area (Å²) in [5.41, 5.74) is 0. The van der Waals surface area contributed by atoms with Gasteiger partial charge in [-0.15, -0.1) is 0 Å². The minimum absolute atomic E-state index is 0.211. The number of rotatable bonds is 4. The Morgan fingerprint density at radius 3 is 3.11 bits per heavy atom. The average Bonchev–Trinajstić information content (AvgIpc) is 2.38. The van der Waals surface area contributed by atoms with Gasteiger partial charge in [-0.25, -0.2) is 9.97 Å². The van der Waals surface area contributed by atoms with Crippen LogP contribution in [0.4, 0.5) is 5.82 Å². The number of hydrogen-bond donors (Lipinski definition) is 1. The molecule has 1 fully saturated rings. The topological polar surface area (TPSA) is 66.3 Å². The lowest BCUT2D eigenvalue weighted by molar-refractivity contribution is -0.138. The van der Waals surface area contributed by atoms with Crippen LogP contribution in [0.1, 0.15) is 32.0 Å². The number of piperidine rings is 1. The van der Waals surface area contributed by atoms with Crippen LogP contribution in [0.2, 0.25) is 0 Å². The highest BCUT2D eigenvalue weighted by atomic mass is 16.4. The van der Waals surface area contributed by atoms with Gasteiger partial charge < -0.3 is 10.0 Å². The Hall–Kier alpha value is -1.65. The zero-order valence-corrected chi connectivity index (χ0v) is 11.5. The van der Waals surface area contributed by atoms with Crippen molar-refractivity contribution in [2.24, 2.45) is 11.8 Å². The molecule has 2 rings (SSSR count). The smallest absolute Gasteiger partial charge is 0.303 e. The molecule has 104 valence electrons. The summed E-state index contributed by atoms with van der Waals surface area (Å²) in [5, 5.41) is 8.90. The molecule has 2 unspecified atom stereocenters. The number of nitrogens with zero attached hydrogens (tertiary/aromatic N) is 3. The molecule has 1 aliphatic heterocycles. The molecular formula is C14H21N3O2. The summed E-state index contributed by atoms with van der Waals surface area (Å²) in [7, 11) is 0. The van der Waals surface area contributed by atoms with Gasteiger partial charge in [0.25, 0.3) is 0 Å². The fraction of sp³-hybridized carbons (Fsp3) is 0.643. The highest BCUT2D eigenvalue weighted by molar-refractivity contribution is 5.67. The number of hydrogen-bond acceptors (Lipinski definition) is 4. The first-order chi connectivity index (χ1) is 9.06. The Morgan fingerprint density at radius 1 is 1.63 bits per heavy atom. The minimum atomic E-state index is -0.706. The van der Waals surface area contributed by atoms with Crippen LogP contribution < -0.4 is 4.90 Å². The molecule has 5 nitrogen and oxygen atoms in total. The number of aryl methyl sites for hydroxylation is 1. The van der Waals surface area contributed by atoms with Gasteiger partial charge in [-0.1, -0.05) is 6.92 Å². The van der Waals surface area contributed by atoms with E-state index in [-0.39, 0.29) is 12.3 Å². The highest BCUT2D eigenvalue weighted by Crippen LogP contribution is 2.28. The standard InChI is InChI=1S/C14H21N3O2/c1-10(8-14(18)19)12-4-3-7-17(9-12)13-5-6-15-11(2)16-13/h5-6,10,12H,3-4,7-9H2,1-2H3,(H,18,19). The van der Waals surface area contributed by atoms with Crippen LogP contribution in [0.3, 0.4) is 0 Å². The molecule has 19 heavy (non-hydrogen) atoms. The molecule has 0 aliphatic carbocycles. The monoisotopic (exact) mass is 263 g/mol. The van der Waals surface area contributed by atoms with E-state index in [2.05, 4.69) is 14.9 Å². The summed E-state index contributed by atoms with van der Waals surface area (Å²) in [4.78, 5) is 21.6. The highest BCUT2D eigenvalue weighted by Gasteiger charge is 2.26. The SMILES string of the molecule is Cc1nccc(N2CCCC(C(C)CC(=O)O)C2)n1. The normalized spacial score (nSPS) is 21.2. The van der Waals surface area contributed by atoms with E-state index in [1.54, 1.807) is 6.20 Å². The lowest BCUT2D eigenvalue weighted by Crippen LogP contribution is -2.38. The average molecular weight is 263 g/mol. The molecule has 0 amide bonds. The number of carboxylic acid groups (broad SMARTS) is 1. The first-order valence-corrected chi connectivity index (χ1v) is 6.82. The van der Waals surface area contributed by atoms with Crippen LogP contribution in [-0.2, 0) is 4.79 Å². The van der Waals surface area contributed by atoms with E-state index in [1.165, 1.54) is 0 Å². The van der Waals surface area contributed by atoms with Crippen molar-refractivity contribution in [2.75, 3.05) is 18.0 Å². The third-order valence-corrected chi connectivity index (χ3v) is 3.84. The minimum Gasteiger partial charge on any atom is -0.481 e. The summed E-state index contributed by atoms with van der Waals surface area (Å²) >= 11 is 0. The van der Waals surface area contributed by atoms with Crippen molar-refractivity contribution in [2.45, 2.75) is 33.1 Å². The number of aliphatic carboxylic acids is 1. The molecule has 2 heterocycles. The van der Waals surface area contributed by atoms with Gasteiger partial charge in [-0.05, 0) is 37.7 Å². The van der Waals surface area contributed by atoms with E-state index in [0.29, 0.717) is 5.92 Å². The quantitative estimate of drug-likeness (QED) is 0.901. The number of anilines is 1. The number of aromatic nitrogens is 2. The molecule has 0 saturated carbocycles. The summed E-state index contributed by atoms with van der Waals surface area (Å²) in [6.07, 6.45) is 4.23. The molecule has 0 spiro atoms. The van der Waals surface area contributed by atoms with Gasteiger partial charge in [-0.3, -0.25) is 4.79 Å². The Kier molecular flexibility index (Phi) is 4.35. The van der Waals surface area contributed by atoms with Gasteiger partial charge in [0.2, 0.25) is 0 Å². The third-order valence-electron chi connectivity index (χ3n) is 3.84. The molecule has 1 saturated heterocycles. The molecule has 0 bridgehead atoms. The van der Waals surface area contributed by atoms with E-state index >= 15 is 0 Å². The summed E-state index contributed by atoms with van der Waals surface area (Å²) in [6, 6.07) is 1.93. The Morgan fingerprint density at radius 2 is 2.42 bits per heavy atom. The Balaban J connectivity index is 2.02. The second kappa shape index (κ2) is 5.99. The molecule has 1 N–H and O–H groups in total.